The van der Waals surface area contributed by atoms with Crippen LogP contribution in [0.1, 0.15) is 30.7 Å². The number of hydrogen-bond acceptors (Lipinski definition) is 5. The van der Waals surface area contributed by atoms with Gasteiger partial charge in [0.15, 0.2) is 5.82 Å². The quantitative estimate of drug-likeness (QED) is 0.546. The van der Waals surface area contributed by atoms with Crippen LogP contribution >= 0.6 is 11.6 Å². The first-order chi connectivity index (χ1) is 13.5. The summed E-state index contributed by atoms with van der Waals surface area (Å²) in [4.78, 5) is 15.1. The van der Waals surface area contributed by atoms with Gasteiger partial charge < -0.3 is 15.8 Å². The summed E-state index contributed by atoms with van der Waals surface area (Å²) in [6, 6.07) is 4.02. The Kier molecular flexibility index (Phi) is 5.39. The van der Waals surface area contributed by atoms with Crippen molar-refractivity contribution in [3.8, 4) is 5.69 Å². The molecule has 1 aliphatic carbocycles. The fourth-order valence-electron chi connectivity index (χ4n) is 2.45. The summed E-state index contributed by atoms with van der Waals surface area (Å²) in [5.74, 6) is -0.649. The summed E-state index contributed by atoms with van der Waals surface area (Å²) in [7, 11) is 0. The highest BCUT2D eigenvalue weighted by Crippen LogP contribution is 2.48. The highest BCUT2D eigenvalue weighted by atomic mass is 35.5. The average molecular weight is 438 g/mol. The number of ether oxygens (including phenoxy) is 1. The Morgan fingerprint density at radius 3 is 2.66 bits per heavy atom. The van der Waals surface area contributed by atoms with E-state index in [-0.39, 0.29) is 34.8 Å². The smallest absolute Gasteiger partial charge is 0.412 e. The highest BCUT2D eigenvalue weighted by molar-refractivity contribution is 6.32. The lowest BCUT2D eigenvalue weighted by Gasteiger charge is -2.19. The molecule has 3 N–H and O–H groups in total. The second-order valence-corrected chi connectivity index (χ2v) is 6.59. The second kappa shape index (κ2) is 7.50. The monoisotopic (exact) mass is 437 g/mol. The van der Waals surface area contributed by atoms with E-state index in [0.29, 0.717) is 0 Å². The molecule has 1 fully saturated rings. The Morgan fingerprint density at radius 1 is 1.38 bits per heavy atom. The van der Waals surface area contributed by atoms with Gasteiger partial charge in [0.05, 0.1) is 16.4 Å². The summed E-state index contributed by atoms with van der Waals surface area (Å²) in [5, 5.41) is 5.52. The van der Waals surface area contributed by atoms with E-state index in [1.54, 1.807) is 5.32 Å². The third-order valence-electron chi connectivity index (χ3n) is 4.20. The molecule has 1 heterocycles. The van der Waals surface area contributed by atoms with Gasteiger partial charge in [-0.15, -0.1) is 0 Å². The molecule has 0 atom stereocenters. The van der Waals surface area contributed by atoms with Crippen LogP contribution in [0.2, 0.25) is 5.02 Å². The van der Waals surface area contributed by atoms with Crippen molar-refractivity contribution in [2.24, 2.45) is 5.73 Å². The first-order valence-corrected chi connectivity index (χ1v) is 8.41. The first kappa shape index (κ1) is 20.8. The maximum atomic E-state index is 13.0. The molecule has 0 unspecified atom stereocenters. The lowest BCUT2D eigenvalue weighted by atomic mass is 10.1. The van der Waals surface area contributed by atoms with Crippen LogP contribution in [0.3, 0.4) is 0 Å². The molecule has 1 saturated carbocycles. The maximum Gasteiger partial charge on any atom is 0.412 e. The number of carbonyl (C=O) groups is 1. The van der Waals surface area contributed by atoms with Gasteiger partial charge in [-0.1, -0.05) is 17.7 Å². The molecule has 7 nitrogen and oxygen atoms in total. The molecule has 0 spiro atoms. The van der Waals surface area contributed by atoms with Gasteiger partial charge in [0.25, 0.3) is 6.43 Å². The van der Waals surface area contributed by atoms with E-state index >= 15 is 0 Å². The predicted octanol–water partition coefficient (Wildman–Crippen LogP) is 3.94. The number of rotatable bonds is 5. The van der Waals surface area contributed by atoms with Crippen molar-refractivity contribution in [2.75, 3.05) is 0 Å². The van der Waals surface area contributed by atoms with Crippen molar-refractivity contribution in [1.82, 2.24) is 20.1 Å². The van der Waals surface area contributed by atoms with Crippen LogP contribution in [-0.2, 0) is 4.74 Å². The van der Waals surface area contributed by atoms with Gasteiger partial charge in [-0.3, -0.25) is 0 Å². The maximum absolute atomic E-state index is 13.0. The Morgan fingerprint density at radius 2 is 2.07 bits per heavy atom. The van der Waals surface area contributed by atoms with E-state index in [9.17, 15) is 26.7 Å². The zero-order valence-electron chi connectivity index (χ0n) is 14.4. The van der Waals surface area contributed by atoms with E-state index in [4.69, 9.17) is 17.3 Å². The van der Waals surface area contributed by atoms with Gasteiger partial charge in [0.2, 0.25) is 0 Å². The molecule has 3 rings (SSSR count). The fourth-order valence-corrected chi connectivity index (χ4v) is 2.65. The van der Waals surface area contributed by atoms with E-state index in [2.05, 4.69) is 14.8 Å². The van der Waals surface area contributed by atoms with E-state index in [0.717, 1.165) is 17.3 Å². The number of hydrogen-bond donors (Lipinski definition) is 2. The third-order valence-corrected chi connectivity index (χ3v) is 4.52. The number of alkyl carbamates (subject to hydrolysis) is 1. The zero-order chi connectivity index (χ0) is 21.4. The minimum atomic E-state index is -4.59. The predicted molar refractivity (Wildman–Crippen MR) is 91.1 cm³/mol. The largest absolute Gasteiger partial charge is 0.416 e. The van der Waals surface area contributed by atoms with Crippen LogP contribution in [0.15, 0.2) is 30.8 Å². The van der Waals surface area contributed by atoms with E-state index in [1.807, 2.05) is 0 Å². The molecule has 0 radical (unpaired) electrons. The molecule has 156 valence electrons. The molecule has 1 aliphatic rings. The summed E-state index contributed by atoms with van der Waals surface area (Å²) >= 11 is 6.02. The number of benzene rings is 1. The van der Waals surface area contributed by atoms with Crippen LogP contribution in [0.5, 0.6) is 0 Å². The third kappa shape index (κ3) is 4.26. The number of alkyl halides is 5. The Hall–Kier alpha value is -2.89. The Labute approximate surface area is 165 Å². The highest BCUT2D eigenvalue weighted by Gasteiger charge is 2.64. The molecule has 13 heteroatoms. The summed E-state index contributed by atoms with van der Waals surface area (Å²) in [6.07, 6.45) is -7.65. The molecule has 0 bridgehead atoms. The number of carbonyl (C=O) groups excluding carboxylic acids is 1. The van der Waals surface area contributed by atoms with Crippen LogP contribution in [-0.4, -0.2) is 32.6 Å². The first-order valence-electron chi connectivity index (χ1n) is 8.03. The number of amides is 1. The number of nitrogens with two attached hydrogens (primary N) is 1. The van der Waals surface area contributed by atoms with Crippen molar-refractivity contribution in [3.63, 3.8) is 0 Å². The molecule has 1 aromatic heterocycles. The van der Waals surface area contributed by atoms with E-state index in [1.165, 1.54) is 18.2 Å². The van der Waals surface area contributed by atoms with Crippen molar-refractivity contribution in [3.05, 3.63) is 47.2 Å². The average Bonchev–Trinajstić information content (AvgIpc) is 3.26. The minimum absolute atomic E-state index is 0.0340. The normalized spacial score (nSPS) is 16.0. The van der Waals surface area contributed by atoms with Crippen LogP contribution in [0.25, 0.3) is 11.4 Å². The Bertz CT molecular complexity index is 955. The molecule has 2 aromatic rings. The van der Waals surface area contributed by atoms with Gasteiger partial charge in [-0.2, -0.15) is 18.3 Å². The van der Waals surface area contributed by atoms with Gasteiger partial charge >= 0.3 is 12.3 Å². The molecule has 0 aliphatic heterocycles. The lowest BCUT2D eigenvalue weighted by molar-refractivity contribution is -0.163. The Balaban J connectivity index is 1.77. The van der Waals surface area contributed by atoms with E-state index < -0.39 is 30.1 Å². The molecule has 0 saturated heterocycles. The SMILES string of the molecule is N/C(=C/OC(=O)NC1(C(F)(F)F)CC1)c1ccc(Cl)c(-n2ncnc2C(F)F)c1. The van der Waals surface area contributed by atoms with Gasteiger partial charge in [-0.25, -0.2) is 23.2 Å². The molecule has 29 heavy (non-hydrogen) atoms. The van der Waals surface area contributed by atoms with Crippen LogP contribution in [0.4, 0.5) is 26.7 Å². The standard InChI is InChI=1S/C16H13ClF5N5O2/c17-9-2-1-8(5-11(9)27-13(12(18)19)24-7-25-27)10(23)6-29-14(28)26-15(3-4-15)16(20,21)22/h1-2,5-7,12H,3-4,23H2,(H,26,28)/b10-6+. The van der Waals surface area contributed by atoms with Gasteiger partial charge in [0, 0.05) is 5.56 Å². The summed E-state index contributed by atoms with van der Waals surface area (Å²) in [6.45, 7) is 0. The number of nitrogens with one attached hydrogen (secondary N) is 1. The number of nitrogens with zero attached hydrogens (tertiary/aromatic N) is 3. The van der Waals surface area contributed by atoms with Crippen LogP contribution in [0, 0.1) is 0 Å². The van der Waals surface area contributed by atoms with Crippen molar-refractivity contribution < 1.29 is 31.5 Å². The van der Waals surface area contributed by atoms with Crippen molar-refractivity contribution in [2.45, 2.75) is 31.0 Å². The lowest BCUT2D eigenvalue weighted by Crippen LogP contribution is -2.47. The topological polar surface area (TPSA) is 95.1 Å². The van der Waals surface area contributed by atoms with Crippen LogP contribution < -0.4 is 11.1 Å². The zero-order valence-corrected chi connectivity index (χ0v) is 15.1. The fraction of sp³-hybridized carbons (Fsp3) is 0.312. The summed E-state index contributed by atoms with van der Waals surface area (Å²) < 4.78 is 70.0. The minimum Gasteiger partial charge on any atom is -0.416 e. The molecular weight excluding hydrogens is 425 g/mol. The molecule has 1 amide bonds. The van der Waals surface area contributed by atoms with Crippen molar-refractivity contribution in [1.29, 1.82) is 0 Å². The number of aromatic nitrogens is 3. The molecule has 1 aromatic carbocycles. The van der Waals surface area contributed by atoms with Gasteiger partial charge in [-0.05, 0) is 25.0 Å². The van der Waals surface area contributed by atoms with Crippen molar-refractivity contribution >= 4 is 23.4 Å². The second-order valence-electron chi connectivity index (χ2n) is 6.18. The summed E-state index contributed by atoms with van der Waals surface area (Å²) in [5.41, 5.74) is 3.57. The van der Waals surface area contributed by atoms with Gasteiger partial charge in [0.1, 0.15) is 18.1 Å². The molecular formula is C16H13ClF5N5O2. The number of halogens is 6.